The van der Waals surface area contributed by atoms with Gasteiger partial charge in [-0.3, -0.25) is 0 Å². The molecule has 100 valence electrons. The van der Waals surface area contributed by atoms with Gasteiger partial charge in [0.15, 0.2) is 0 Å². The Morgan fingerprint density at radius 2 is 1.78 bits per heavy atom. The lowest BCUT2D eigenvalue weighted by atomic mass is 10.0. The first kappa shape index (κ1) is 14.6. The zero-order valence-electron chi connectivity index (χ0n) is 11.6. The molecule has 0 fully saturated rings. The van der Waals surface area contributed by atoms with Gasteiger partial charge in [0.2, 0.25) is 0 Å². The molecule has 2 N–H and O–H groups in total. The van der Waals surface area contributed by atoms with Gasteiger partial charge in [0.05, 0.1) is 0 Å². The number of nitrogens with one attached hydrogen (secondary N) is 2. The molecule has 0 bridgehead atoms. The molecular formula is C15H24N2O. The van der Waals surface area contributed by atoms with Crippen LogP contribution in [0.25, 0.3) is 0 Å². The fraction of sp³-hybridized carbons (Fsp3) is 0.533. The molecule has 1 atom stereocenters. The molecule has 2 amide bonds. The van der Waals surface area contributed by atoms with Crippen LogP contribution in [0.3, 0.4) is 0 Å². The Labute approximate surface area is 110 Å². The smallest absolute Gasteiger partial charge is 0.315 e. The predicted molar refractivity (Wildman–Crippen MR) is 75.3 cm³/mol. The molecule has 3 nitrogen and oxygen atoms in total. The number of urea groups is 1. The first-order valence-electron chi connectivity index (χ1n) is 6.66. The zero-order valence-corrected chi connectivity index (χ0v) is 11.6. The van der Waals surface area contributed by atoms with Crippen LogP contribution in [0.1, 0.15) is 39.2 Å². The quantitative estimate of drug-likeness (QED) is 0.796. The summed E-state index contributed by atoms with van der Waals surface area (Å²) in [6, 6.07) is 10.1. The van der Waals surface area contributed by atoms with Crippen molar-refractivity contribution in [3.8, 4) is 0 Å². The minimum Gasteiger partial charge on any atom is -0.336 e. The van der Waals surface area contributed by atoms with Crippen LogP contribution >= 0.6 is 0 Å². The molecule has 1 aromatic rings. The van der Waals surface area contributed by atoms with Crippen molar-refractivity contribution in [2.24, 2.45) is 5.92 Å². The van der Waals surface area contributed by atoms with E-state index in [0.717, 1.165) is 18.4 Å². The van der Waals surface area contributed by atoms with E-state index in [9.17, 15) is 4.79 Å². The lowest BCUT2D eigenvalue weighted by Gasteiger charge is -2.15. The van der Waals surface area contributed by atoms with E-state index >= 15 is 0 Å². The maximum Gasteiger partial charge on any atom is 0.315 e. The van der Waals surface area contributed by atoms with Crippen LogP contribution in [0.5, 0.6) is 0 Å². The van der Waals surface area contributed by atoms with Crippen LogP contribution in [0.15, 0.2) is 30.3 Å². The third kappa shape index (κ3) is 6.28. The van der Waals surface area contributed by atoms with Crippen LogP contribution < -0.4 is 10.6 Å². The van der Waals surface area contributed by atoms with Gasteiger partial charge >= 0.3 is 6.03 Å². The van der Waals surface area contributed by atoms with Crippen molar-refractivity contribution in [1.82, 2.24) is 10.6 Å². The topological polar surface area (TPSA) is 41.1 Å². The molecular weight excluding hydrogens is 224 g/mol. The second-order valence-electron chi connectivity index (χ2n) is 5.18. The zero-order chi connectivity index (χ0) is 13.4. The molecule has 0 aliphatic heterocycles. The van der Waals surface area contributed by atoms with Crippen molar-refractivity contribution in [3.05, 3.63) is 35.9 Å². The largest absolute Gasteiger partial charge is 0.336 e. The minimum atomic E-state index is -0.0879. The number of carbonyl (C=O) groups is 1. The van der Waals surface area contributed by atoms with E-state index in [4.69, 9.17) is 0 Å². The molecule has 1 rings (SSSR count). The van der Waals surface area contributed by atoms with Crippen molar-refractivity contribution in [3.63, 3.8) is 0 Å². The summed E-state index contributed by atoms with van der Waals surface area (Å²) in [5.41, 5.74) is 1.11. The van der Waals surface area contributed by atoms with Crippen LogP contribution in [-0.4, -0.2) is 12.1 Å². The molecule has 18 heavy (non-hydrogen) atoms. The van der Waals surface area contributed by atoms with Gasteiger partial charge in [0.25, 0.3) is 0 Å². The van der Waals surface area contributed by atoms with E-state index < -0.39 is 0 Å². The van der Waals surface area contributed by atoms with Crippen molar-refractivity contribution in [1.29, 1.82) is 0 Å². The predicted octanol–water partition coefficient (Wildman–Crippen LogP) is 3.31. The fourth-order valence-corrected chi connectivity index (χ4v) is 1.71. The fourth-order valence-electron chi connectivity index (χ4n) is 1.71. The highest BCUT2D eigenvalue weighted by Gasteiger charge is 2.07. The van der Waals surface area contributed by atoms with Crippen LogP contribution in [0.2, 0.25) is 0 Å². The summed E-state index contributed by atoms with van der Waals surface area (Å²) in [7, 11) is 0. The molecule has 1 aromatic carbocycles. The highest BCUT2D eigenvalue weighted by molar-refractivity contribution is 5.74. The summed E-state index contributed by atoms with van der Waals surface area (Å²) in [4.78, 5) is 11.6. The maximum absolute atomic E-state index is 11.6. The average molecular weight is 248 g/mol. The Morgan fingerprint density at radius 1 is 1.11 bits per heavy atom. The molecule has 0 spiro atoms. The third-order valence-electron chi connectivity index (χ3n) is 2.85. The summed E-state index contributed by atoms with van der Waals surface area (Å²) in [5.74, 6) is 0.682. The average Bonchev–Trinajstić information content (AvgIpc) is 2.35. The van der Waals surface area contributed by atoms with E-state index in [1.807, 2.05) is 37.3 Å². The molecule has 0 radical (unpaired) electrons. The molecule has 0 heterocycles. The van der Waals surface area contributed by atoms with Gasteiger partial charge in [-0.15, -0.1) is 0 Å². The Kier molecular flexibility index (Phi) is 6.26. The van der Waals surface area contributed by atoms with Crippen LogP contribution in [-0.2, 0) is 6.54 Å². The lowest BCUT2D eigenvalue weighted by molar-refractivity contribution is 0.236. The van der Waals surface area contributed by atoms with Gasteiger partial charge in [-0.1, -0.05) is 44.2 Å². The summed E-state index contributed by atoms with van der Waals surface area (Å²) in [6.45, 7) is 7.01. The van der Waals surface area contributed by atoms with E-state index in [2.05, 4.69) is 24.5 Å². The van der Waals surface area contributed by atoms with Gasteiger partial charge in [-0.05, 0) is 31.2 Å². The molecule has 0 saturated carbocycles. The van der Waals surface area contributed by atoms with Gasteiger partial charge in [-0.2, -0.15) is 0 Å². The third-order valence-corrected chi connectivity index (χ3v) is 2.85. The van der Waals surface area contributed by atoms with Gasteiger partial charge in [0.1, 0.15) is 0 Å². The molecule has 0 aliphatic carbocycles. The second kappa shape index (κ2) is 7.75. The molecule has 1 unspecified atom stereocenters. The normalized spacial score (nSPS) is 12.2. The highest BCUT2D eigenvalue weighted by Crippen LogP contribution is 2.06. The first-order chi connectivity index (χ1) is 8.58. The molecule has 0 aromatic heterocycles. The highest BCUT2D eigenvalue weighted by atomic mass is 16.2. The molecule has 3 heteroatoms. The summed E-state index contributed by atoms with van der Waals surface area (Å²) >= 11 is 0. The number of carbonyl (C=O) groups excluding carboxylic acids is 1. The van der Waals surface area contributed by atoms with Gasteiger partial charge in [-0.25, -0.2) is 4.79 Å². The van der Waals surface area contributed by atoms with Crippen molar-refractivity contribution in [2.75, 3.05) is 0 Å². The number of benzene rings is 1. The molecule has 0 aliphatic rings. The van der Waals surface area contributed by atoms with Crippen LogP contribution in [0.4, 0.5) is 4.79 Å². The monoisotopic (exact) mass is 248 g/mol. The Hall–Kier alpha value is -1.51. The number of hydrogen-bond acceptors (Lipinski definition) is 1. The SMILES string of the molecule is CC(C)CCC(C)NC(=O)NCc1ccccc1. The van der Waals surface area contributed by atoms with E-state index in [0.29, 0.717) is 12.5 Å². The van der Waals surface area contributed by atoms with E-state index in [1.54, 1.807) is 0 Å². The standard InChI is InChI=1S/C15H24N2O/c1-12(2)9-10-13(3)17-15(18)16-11-14-7-5-4-6-8-14/h4-8,12-13H,9-11H2,1-3H3,(H2,16,17,18). The number of amides is 2. The Bertz CT molecular complexity index is 349. The summed E-state index contributed by atoms with van der Waals surface area (Å²) < 4.78 is 0. The number of rotatable bonds is 6. The van der Waals surface area contributed by atoms with Crippen LogP contribution in [0, 0.1) is 5.92 Å². The maximum atomic E-state index is 11.6. The Morgan fingerprint density at radius 3 is 2.39 bits per heavy atom. The first-order valence-corrected chi connectivity index (χ1v) is 6.66. The molecule has 0 saturated heterocycles. The van der Waals surface area contributed by atoms with Gasteiger partial charge in [0, 0.05) is 12.6 Å². The number of hydrogen-bond donors (Lipinski definition) is 2. The van der Waals surface area contributed by atoms with Crippen molar-refractivity contribution < 1.29 is 4.79 Å². The van der Waals surface area contributed by atoms with Gasteiger partial charge < -0.3 is 10.6 Å². The second-order valence-corrected chi connectivity index (χ2v) is 5.18. The Balaban J connectivity index is 2.21. The van der Waals surface area contributed by atoms with E-state index in [-0.39, 0.29) is 12.1 Å². The van der Waals surface area contributed by atoms with Crippen molar-refractivity contribution >= 4 is 6.03 Å². The summed E-state index contributed by atoms with van der Waals surface area (Å²) in [6.07, 6.45) is 2.16. The summed E-state index contributed by atoms with van der Waals surface area (Å²) in [5, 5.41) is 5.82. The van der Waals surface area contributed by atoms with E-state index in [1.165, 1.54) is 0 Å². The lowest BCUT2D eigenvalue weighted by Crippen LogP contribution is -2.40. The minimum absolute atomic E-state index is 0.0879. The van der Waals surface area contributed by atoms with Crippen molar-refractivity contribution in [2.45, 2.75) is 46.2 Å².